The standard InChI is InChI=1S/C17H15Cl2N3O4S3/c1-28-17(26)20-10-6-29-15-12(14(23)22(15)13(10)16(24)25)21-11(27)5-7-4-8(18)2-3-9(7)19/h2-4,12,15H,5-6H2,1H3,(H,20,26)(H,21,27)(H,24,25)/t12?,15-/m0/s1. The average molecular weight is 492 g/mol. The van der Waals surface area contributed by atoms with Crippen LogP contribution in [0.15, 0.2) is 29.6 Å². The Morgan fingerprint density at radius 1 is 1.41 bits per heavy atom. The lowest BCUT2D eigenvalue weighted by Crippen LogP contribution is -2.70. The fourth-order valence-electron chi connectivity index (χ4n) is 2.97. The van der Waals surface area contributed by atoms with E-state index in [-0.39, 0.29) is 22.4 Å². The van der Waals surface area contributed by atoms with Gasteiger partial charge in [-0.05, 0) is 30.0 Å². The molecule has 3 rings (SSSR count). The van der Waals surface area contributed by atoms with Gasteiger partial charge in [-0.3, -0.25) is 14.5 Å². The first kappa shape index (κ1) is 22.2. The Balaban J connectivity index is 1.72. The SMILES string of the molecule is CSC(=O)NC1=C(C(=O)O)N2C(=O)C(NC(=S)Cc3cc(Cl)ccc3Cl)[C@@H]2SC1. The van der Waals surface area contributed by atoms with Crippen LogP contribution in [-0.4, -0.2) is 55.5 Å². The van der Waals surface area contributed by atoms with Gasteiger partial charge < -0.3 is 15.7 Å². The third-order valence-corrected chi connectivity index (χ3v) is 6.90. The number of fused-ring (bicyclic) bond motifs is 1. The lowest BCUT2D eigenvalue weighted by Gasteiger charge is -2.49. The molecule has 2 aliphatic rings. The van der Waals surface area contributed by atoms with Gasteiger partial charge in [-0.15, -0.1) is 11.8 Å². The minimum Gasteiger partial charge on any atom is -0.477 e. The van der Waals surface area contributed by atoms with Crippen LogP contribution >= 0.6 is 58.9 Å². The number of rotatable bonds is 5. The van der Waals surface area contributed by atoms with Crippen molar-refractivity contribution in [1.29, 1.82) is 0 Å². The summed E-state index contributed by atoms with van der Waals surface area (Å²) in [4.78, 5) is 37.6. The maximum absolute atomic E-state index is 12.6. The van der Waals surface area contributed by atoms with Crippen LogP contribution in [0.25, 0.3) is 0 Å². The van der Waals surface area contributed by atoms with Gasteiger partial charge in [0.15, 0.2) is 5.70 Å². The molecule has 2 heterocycles. The van der Waals surface area contributed by atoms with Gasteiger partial charge in [-0.1, -0.05) is 47.2 Å². The predicted molar refractivity (Wildman–Crippen MR) is 119 cm³/mol. The Hall–Kier alpha value is -1.46. The largest absolute Gasteiger partial charge is 0.477 e. The summed E-state index contributed by atoms with van der Waals surface area (Å²) in [6, 6.07) is 4.39. The number of hydrogen-bond donors (Lipinski definition) is 3. The third-order valence-electron chi connectivity index (χ3n) is 4.28. The number of benzene rings is 1. The molecule has 12 heteroatoms. The summed E-state index contributed by atoms with van der Waals surface area (Å²) >= 11 is 19.8. The van der Waals surface area contributed by atoms with Gasteiger partial charge in [0, 0.05) is 22.2 Å². The number of carboxylic acid groups (broad SMARTS) is 1. The summed E-state index contributed by atoms with van der Waals surface area (Å²) in [7, 11) is 0. The van der Waals surface area contributed by atoms with Crippen molar-refractivity contribution in [2.45, 2.75) is 17.8 Å². The number of nitrogens with one attached hydrogen (secondary N) is 2. The van der Waals surface area contributed by atoms with Gasteiger partial charge in [-0.25, -0.2) is 4.79 Å². The van der Waals surface area contributed by atoms with E-state index >= 15 is 0 Å². The van der Waals surface area contributed by atoms with Crippen molar-refractivity contribution < 1.29 is 19.5 Å². The molecule has 1 aromatic rings. The predicted octanol–water partition coefficient (Wildman–Crippen LogP) is 3.11. The highest BCUT2D eigenvalue weighted by Crippen LogP contribution is 2.40. The molecule has 0 saturated carbocycles. The number of amides is 2. The van der Waals surface area contributed by atoms with Crippen molar-refractivity contribution in [1.82, 2.24) is 15.5 Å². The molecule has 0 aromatic heterocycles. The summed E-state index contributed by atoms with van der Waals surface area (Å²) in [5.74, 6) is -1.44. The number of halogens is 2. The second-order valence-corrected chi connectivity index (χ2v) is 9.34. The Kier molecular flexibility index (Phi) is 7.00. The molecule has 1 unspecified atom stereocenters. The molecule has 0 spiro atoms. The lowest BCUT2D eigenvalue weighted by atomic mass is 10.0. The number of aliphatic carboxylic acids is 1. The normalized spacial score (nSPS) is 20.7. The third kappa shape index (κ3) is 4.66. The first-order valence-corrected chi connectivity index (χ1v) is 11.7. The number of nitrogens with zero attached hydrogens (tertiary/aromatic N) is 1. The highest BCUT2D eigenvalue weighted by atomic mass is 35.5. The van der Waals surface area contributed by atoms with Crippen LogP contribution in [0.2, 0.25) is 10.0 Å². The van der Waals surface area contributed by atoms with Crippen LogP contribution in [0.3, 0.4) is 0 Å². The number of carboxylic acids is 1. The van der Waals surface area contributed by atoms with E-state index in [2.05, 4.69) is 10.6 Å². The van der Waals surface area contributed by atoms with Gasteiger partial charge >= 0.3 is 5.97 Å². The van der Waals surface area contributed by atoms with Crippen LogP contribution in [0.5, 0.6) is 0 Å². The zero-order valence-corrected chi connectivity index (χ0v) is 18.9. The Morgan fingerprint density at radius 3 is 2.79 bits per heavy atom. The van der Waals surface area contributed by atoms with E-state index in [1.165, 1.54) is 16.7 Å². The first-order valence-electron chi connectivity index (χ1n) is 8.22. The molecule has 3 N–H and O–H groups in total. The van der Waals surface area contributed by atoms with Gasteiger partial charge in [0.2, 0.25) is 0 Å². The topological polar surface area (TPSA) is 98.7 Å². The molecule has 7 nitrogen and oxygen atoms in total. The molecule has 1 saturated heterocycles. The monoisotopic (exact) mass is 491 g/mol. The quantitative estimate of drug-likeness (QED) is 0.426. The number of thioether (sulfide) groups is 2. The summed E-state index contributed by atoms with van der Waals surface area (Å²) in [5.41, 5.74) is 0.728. The van der Waals surface area contributed by atoms with Gasteiger partial charge in [-0.2, -0.15) is 0 Å². The molecule has 1 fully saturated rings. The zero-order chi connectivity index (χ0) is 21.3. The summed E-state index contributed by atoms with van der Waals surface area (Å²) < 4.78 is 0. The minimum absolute atomic E-state index is 0.206. The van der Waals surface area contributed by atoms with Crippen LogP contribution in [0, 0.1) is 0 Å². The van der Waals surface area contributed by atoms with Crippen LogP contribution in [0.1, 0.15) is 5.56 Å². The second kappa shape index (κ2) is 9.13. The zero-order valence-electron chi connectivity index (χ0n) is 14.9. The fourth-order valence-corrected chi connectivity index (χ4v) is 5.13. The van der Waals surface area contributed by atoms with Gasteiger partial charge in [0.1, 0.15) is 11.4 Å². The van der Waals surface area contributed by atoms with E-state index in [1.54, 1.807) is 24.5 Å². The van der Waals surface area contributed by atoms with Crippen molar-refractivity contribution in [2.75, 3.05) is 12.0 Å². The first-order chi connectivity index (χ1) is 13.7. The Labute approximate surface area is 190 Å². The molecule has 2 atom stereocenters. The van der Waals surface area contributed by atoms with Crippen LogP contribution in [-0.2, 0) is 16.0 Å². The molecular formula is C17H15Cl2N3O4S3. The number of β-lactam (4-membered cyclic amide) rings is 1. The van der Waals surface area contributed by atoms with Gasteiger partial charge in [0.05, 0.1) is 10.7 Å². The number of hydrogen-bond acceptors (Lipinski definition) is 6. The molecule has 2 amide bonds. The van der Waals surface area contributed by atoms with E-state index < -0.39 is 23.3 Å². The summed E-state index contributed by atoms with van der Waals surface area (Å²) in [6.07, 6.45) is 1.88. The molecule has 154 valence electrons. The van der Waals surface area contributed by atoms with E-state index in [0.29, 0.717) is 21.5 Å². The molecule has 29 heavy (non-hydrogen) atoms. The highest BCUT2D eigenvalue weighted by molar-refractivity contribution is 8.13. The second-order valence-electron chi connectivity index (χ2n) is 6.12. The number of carbonyl (C=O) groups excluding carboxylic acids is 2. The fraction of sp³-hybridized carbons (Fsp3) is 0.294. The molecule has 2 aliphatic heterocycles. The summed E-state index contributed by atoms with van der Waals surface area (Å²) in [5, 5.41) is 15.3. The molecule has 0 radical (unpaired) electrons. The van der Waals surface area contributed by atoms with Crippen LogP contribution < -0.4 is 10.6 Å². The lowest BCUT2D eigenvalue weighted by molar-refractivity contribution is -0.148. The molecular weight excluding hydrogens is 477 g/mol. The molecule has 1 aromatic carbocycles. The van der Waals surface area contributed by atoms with E-state index in [9.17, 15) is 19.5 Å². The van der Waals surface area contributed by atoms with E-state index in [1.807, 2.05) is 0 Å². The Morgan fingerprint density at radius 2 is 2.14 bits per heavy atom. The van der Waals surface area contributed by atoms with Crippen molar-refractivity contribution in [3.63, 3.8) is 0 Å². The van der Waals surface area contributed by atoms with Crippen molar-refractivity contribution >= 4 is 81.0 Å². The number of carbonyl (C=O) groups is 3. The average Bonchev–Trinajstić information content (AvgIpc) is 2.68. The number of thiocarbonyl (C=S) groups is 1. The molecule has 0 aliphatic carbocycles. The molecule has 0 bridgehead atoms. The van der Waals surface area contributed by atoms with E-state index in [0.717, 1.165) is 17.3 Å². The Bertz CT molecular complexity index is 940. The van der Waals surface area contributed by atoms with Gasteiger partial charge in [0.25, 0.3) is 11.1 Å². The van der Waals surface area contributed by atoms with Crippen LogP contribution in [0.4, 0.5) is 4.79 Å². The smallest absolute Gasteiger partial charge is 0.354 e. The maximum atomic E-state index is 12.6. The van der Waals surface area contributed by atoms with Crippen molar-refractivity contribution in [3.8, 4) is 0 Å². The van der Waals surface area contributed by atoms with Crippen molar-refractivity contribution in [2.24, 2.45) is 0 Å². The maximum Gasteiger partial charge on any atom is 0.354 e. The van der Waals surface area contributed by atoms with E-state index in [4.69, 9.17) is 35.4 Å². The minimum atomic E-state index is -1.27. The summed E-state index contributed by atoms with van der Waals surface area (Å²) in [6.45, 7) is 0. The highest BCUT2D eigenvalue weighted by Gasteiger charge is 2.54. The van der Waals surface area contributed by atoms with Crippen molar-refractivity contribution in [3.05, 3.63) is 45.2 Å².